The number of anilines is 2. The molecule has 0 saturated heterocycles. The molecule has 0 fully saturated rings. The van der Waals surface area contributed by atoms with Crippen molar-refractivity contribution in [1.29, 1.82) is 0 Å². The molecule has 4 nitrogen and oxygen atoms in total. The van der Waals surface area contributed by atoms with Gasteiger partial charge < -0.3 is 4.74 Å². The molecule has 1 heterocycles. The first-order chi connectivity index (χ1) is 10.2. The predicted molar refractivity (Wildman–Crippen MR) is 92.4 cm³/mol. The quantitative estimate of drug-likeness (QED) is 0.774. The van der Waals surface area contributed by atoms with Gasteiger partial charge in [0.05, 0.1) is 18.0 Å². The number of amides is 1. The number of ether oxygens (including phenoxy) is 1. The number of aromatic nitrogens is 1. The number of benzene rings is 1. The maximum atomic E-state index is 12.5. The molecule has 7 heteroatoms. The van der Waals surface area contributed by atoms with Crippen molar-refractivity contribution in [3.05, 3.63) is 41.9 Å². The SMILES string of the molecule is CCOC(=S)SCC(=O)N(c1ccccc1)c1nccs1. The number of thiazole rings is 1. The van der Waals surface area contributed by atoms with E-state index in [1.165, 1.54) is 23.1 Å². The van der Waals surface area contributed by atoms with Gasteiger partial charge in [0.2, 0.25) is 10.3 Å². The van der Waals surface area contributed by atoms with Crippen LogP contribution in [-0.2, 0) is 9.53 Å². The van der Waals surface area contributed by atoms with Gasteiger partial charge in [0.15, 0.2) is 5.13 Å². The summed E-state index contributed by atoms with van der Waals surface area (Å²) in [5, 5.41) is 2.49. The lowest BCUT2D eigenvalue weighted by Gasteiger charge is -2.19. The second-order valence-corrected chi connectivity index (χ2v) is 6.30. The molecule has 0 spiro atoms. The zero-order chi connectivity index (χ0) is 15.1. The van der Waals surface area contributed by atoms with Gasteiger partial charge >= 0.3 is 0 Å². The first kappa shape index (κ1) is 15.9. The van der Waals surface area contributed by atoms with Crippen LogP contribution in [0.1, 0.15) is 6.92 Å². The van der Waals surface area contributed by atoms with Crippen LogP contribution in [0, 0.1) is 0 Å². The molecule has 110 valence electrons. The Hall–Kier alpha value is -1.44. The van der Waals surface area contributed by atoms with E-state index in [4.69, 9.17) is 17.0 Å². The molecule has 0 aliphatic rings. The highest BCUT2D eigenvalue weighted by molar-refractivity contribution is 8.23. The van der Waals surface area contributed by atoms with E-state index in [0.29, 0.717) is 16.1 Å². The van der Waals surface area contributed by atoms with Gasteiger partial charge in [0.1, 0.15) is 0 Å². The van der Waals surface area contributed by atoms with E-state index in [-0.39, 0.29) is 11.7 Å². The maximum absolute atomic E-state index is 12.5. The molecular formula is C14H14N2O2S3. The van der Waals surface area contributed by atoms with Crippen LogP contribution in [0.25, 0.3) is 0 Å². The minimum absolute atomic E-state index is 0.0804. The molecule has 0 aliphatic heterocycles. The van der Waals surface area contributed by atoms with E-state index >= 15 is 0 Å². The van der Waals surface area contributed by atoms with E-state index in [1.807, 2.05) is 42.6 Å². The Morgan fingerprint density at radius 2 is 2.19 bits per heavy atom. The van der Waals surface area contributed by atoms with Crippen LogP contribution in [0.15, 0.2) is 41.9 Å². The third-order valence-corrected chi connectivity index (χ3v) is 4.42. The summed E-state index contributed by atoms with van der Waals surface area (Å²) in [5.74, 6) is 0.135. The molecular weight excluding hydrogens is 324 g/mol. The smallest absolute Gasteiger partial charge is 0.243 e. The van der Waals surface area contributed by atoms with Crippen molar-refractivity contribution in [2.45, 2.75) is 6.92 Å². The summed E-state index contributed by atoms with van der Waals surface area (Å²) in [6.45, 7) is 2.37. The number of thioether (sulfide) groups is 1. The van der Waals surface area contributed by atoms with Crippen LogP contribution in [0.3, 0.4) is 0 Å². The largest absolute Gasteiger partial charge is 0.479 e. The van der Waals surface area contributed by atoms with Gasteiger partial charge in [-0.05, 0) is 31.3 Å². The van der Waals surface area contributed by atoms with Gasteiger partial charge in [-0.3, -0.25) is 9.69 Å². The summed E-state index contributed by atoms with van der Waals surface area (Å²) in [5.41, 5.74) is 0.792. The third-order valence-electron chi connectivity index (χ3n) is 2.45. The van der Waals surface area contributed by atoms with Crippen molar-refractivity contribution in [3.8, 4) is 0 Å². The van der Waals surface area contributed by atoms with Crippen molar-refractivity contribution in [2.75, 3.05) is 17.3 Å². The summed E-state index contributed by atoms with van der Waals surface area (Å²) in [4.78, 5) is 18.3. The highest BCUT2D eigenvalue weighted by Gasteiger charge is 2.20. The summed E-state index contributed by atoms with van der Waals surface area (Å²) in [6, 6.07) is 9.45. The van der Waals surface area contributed by atoms with Gasteiger partial charge in [-0.1, -0.05) is 30.0 Å². The zero-order valence-electron chi connectivity index (χ0n) is 11.4. The van der Waals surface area contributed by atoms with E-state index in [2.05, 4.69) is 4.98 Å². The topological polar surface area (TPSA) is 42.4 Å². The standard InChI is InChI=1S/C14H14N2O2S3/c1-2-18-14(19)21-10-12(17)16(13-15-8-9-20-13)11-6-4-3-5-7-11/h3-9H,2,10H2,1H3. The predicted octanol–water partition coefficient (Wildman–Crippen LogP) is 3.86. The Morgan fingerprint density at radius 3 is 2.81 bits per heavy atom. The van der Waals surface area contributed by atoms with Gasteiger partial charge in [0.25, 0.3) is 0 Å². The summed E-state index contributed by atoms with van der Waals surface area (Å²) >= 11 is 7.68. The highest BCUT2D eigenvalue weighted by atomic mass is 32.2. The van der Waals surface area contributed by atoms with Crippen LogP contribution in [0.4, 0.5) is 10.8 Å². The summed E-state index contributed by atoms with van der Waals surface area (Å²) in [7, 11) is 0. The lowest BCUT2D eigenvalue weighted by atomic mass is 10.3. The number of hydrogen-bond donors (Lipinski definition) is 0. The van der Waals surface area contributed by atoms with Crippen LogP contribution >= 0.6 is 35.3 Å². The Balaban J connectivity index is 2.13. The van der Waals surface area contributed by atoms with Crippen LogP contribution in [0.5, 0.6) is 0 Å². The zero-order valence-corrected chi connectivity index (χ0v) is 13.8. The monoisotopic (exact) mass is 338 g/mol. The van der Waals surface area contributed by atoms with Gasteiger partial charge in [-0.15, -0.1) is 11.3 Å². The molecule has 0 atom stereocenters. The highest BCUT2D eigenvalue weighted by Crippen LogP contribution is 2.28. The van der Waals surface area contributed by atoms with Crippen LogP contribution in [0.2, 0.25) is 0 Å². The average molecular weight is 338 g/mol. The van der Waals surface area contributed by atoms with Crippen molar-refractivity contribution in [1.82, 2.24) is 4.98 Å². The second-order valence-electron chi connectivity index (χ2n) is 3.85. The van der Waals surface area contributed by atoms with E-state index in [9.17, 15) is 4.79 Å². The fraction of sp³-hybridized carbons (Fsp3) is 0.214. The number of carbonyl (C=O) groups is 1. The van der Waals surface area contributed by atoms with Crippen molar-refractivity contribution < 1.29 is 9.53 Å². The molecule has 21 heavy (non-hydrogen) atoms. The van der Waals surface area contributed by atoms with Crippen molar-refractivity contribution >= 4 is 56.4 Å². The summed E-state index contributed by atoms with van der Waals surface area (Å²) < 4.78 is 5.57. The number of carbonyl (C=O) groups excluding carboxylic acids is 1. The molecule has 2 aromatic rings. The minimum Gasteiger partial charge on any atom is -0.479 e. The van der Waals surface area contributed by atoms with Crippen molar-refractivity contribution in [3.63, 3.8) is 0 Å². The second kappa shape index (κ2) is 8.11. The van der Waals surface area contributed by atoms with Gasteiger partial charge in [-0.2, -0.15) is 0 Å². The molecule has 2 rings (SSSR count). The molecule has 0 bridgehead atoms. The average Bonchev–Trinajstić information content (AvgIpc) is 3.01. The Labute approximate surface area is 137 Å². The maximum Gasteiger partial charge on any atom is 0.243 e. The molecule has 0 aliphatic carbocycles. The Kier molecular flexibility index (Phi) is 6.16. The van der Waals surface area contributed by atoms with Gasteiger partial charge in [0, 0.05) is 11.6 Å². The fourth-order valence-electron chi connectivity index (χ4n) is 1.61. The number of thiocarbonyl (C=S) groups is 1. The number of nitrogens with zero attached hydrogens (tertiary/aromatic N) is 2. The minimum atomic E-state index is -0.0804. The Bertz CT molecular complexity index is 588. The molecule has 1 aromatic heterocycles. The molecule has 0 N–H and O–H groups in total. The fourth-order valence-corrected chi connectivity index (χ4v) is 3.15. The number of rotatable bonds is 5. The Morgan fingerprint density at radius 1 is 1.43 bits per heavy atom. The third kappa shape index (κ3) is 4.52. The number of para-hydroxylation sites is 1. The van der Waals surface area contributed by atoms with E-state index in [0.717, 1.165) is 5.69 Å². The van der Waals surface area contributed by atoms with Gasteiger partial charge in [-0.25, -0.2) is 4.98 Å². The lowest BCUT2D eigenvalue weighted by Crippen LogP contribution is -2.28. The molecule has 1 aromatic carbocycles. The molecule has 0 saturated carbocycles. The van der Waals surface area contributed by atoms with E-state index in [1.54, 1.807) is 11.1 Å². The van der Waals surface area contributed by atoms with E-state index < -0.39 is 0 Å². The van der Waals surface area contributed by atoms with Crippen molar-refractivity contribution in [2.24, 2.45) is 0 Å². The van der Waals surface area contributed by atoms with Crippen LogP contribution in [-0.4, -0.2) is 27.6 Å². The first-order valence-corrected chi connectivity index (χ1v) is 8.56. The molecule has 0 unspecified atom stereocenters. The normalized spacial score (nSPS) is 10.1. The molecule has 0 radical (unpaired) electrons. The first-order valence-electron chi connectivity index (χ1n) is 6.29. The number of hydrogen-bond acceptors (Lipinski definition) is 6. The van der Waals surface area contributed by atoms with Crippen LogP contribution < -0.4 is 4.90 Å². The summed E-state index contributed by atoms with van der Waals surface area (Å²) in [6.07, 6.45) is 1.68. The lowest BCUT2D eigenvalue weighted by molar-refractivity contribution is -0.115. The molecule has 1 amide bonds.